The van der Waals surface area contributed by atoms with Gasteiger partial charge in [-0.05, 0) is 81.0 Å². The summed E-state index contributed by atoms with van der Waals surface area (Å²) in [7, 11) is 0. The van der Waals surface area contributed by atoms with Crippen LogP contribution in [0.25, 0.3) is 0 Å². The van der Waals surface area contributed by atoms with E-state index in [0.29, 0.717) is 6.42 Å². The molecule has 0 heterocycles. The molecule has 0 saturated heterocycles. The third kappa shape index (κ3) is 4.85. The summed E-state index contributed by atoms with van der Waals surface area (Å²) >= 11 is 0. The molecule has 25 heavy (non-hydrogen) atoms. The lowest BCUT2D eigenvalue weighted by atomic mass is 9.96. The van der Waals surface area contributed by atoms with Crippen molar-refractivity contribution in [3.8, 4) is 5.75 Å². The van der Waals surface area contributed by atoms with E-state index >= 15 is 0 Å². The molecule has 2 aromatic carbocycles. The van der Waals surface area contributed by atoms with E-state index in [1.165, 1.54) is 16.7 Å². The van der Waals surface area contributed by atoms with Crippen molar-refractivity contribution in [3.05, 3.63) is 64.2 Å². The van der Waals surface area contributed by atoms with Gasteiger partial charge in [0.25, 0.3) is 5.91 Å². The second-order valence-corrected chi connectivity index (χ2v) is 6.85. The molecule has 0 aromatic heterocycles. The van der Waals surface area contributed by atoms with Crippen molar-refractivity contribution in [3.63, 3.8) is 0 Å². The summed E-state index contributed by atoms with van der Waals surface area (Å²) in [5, 5.41) is 3.11. The Hall–Kier alpha value is -2.29. The lowest BCUT2D eigenvalue weighted by Gasteiger charge is -2.22. The van der Waals surface area contributed by atoms with Crippen LogP contribution in [0.2, 0.25) is 0 Å². The van der Waals surface area contributed by atoms with Crippen LogP contribution in [0.1, 0.15) is 54.1 Å². The second-order valence-electron chi connectivity index (χ2n) is 6.85. The average Bonchev–Trinajstić information content (AvgIpc) is 2.55. The number of nitrogens with one attached hydrogen (secondary N) is 1. The van der Waals surface area contributed by atoms with Crippen LogP contribution in [0.15, 0.2) is 36.4 Å². The Morgan fingerprint density at radius 2 is 1.72 bits per heavy atom. The highest BCUT2D eigenvalue weighted by Gasteiger charge is 2.21. The molecule has 0 aliphatic rings. The van der Waals surface area contributed by atoms with E-state index in [1.807, 2.05) is 45.0 Å². The molecule has 0 unspecified atom stereocenters. The summed E-state index contributed by atoms with van der Waals surface area (Å²) in [5.74, 6) is 0.658. The number of aryl methyl sites for hydroxylation is 4. The third-order valence-electron chi connectivity index (χ3n) is 4.64. The Bertz CT molecular complexity index is 752. The molecule has 0 fully saturated rings. The van der Waals surface area contributed by atoms with Gasteiger partial charge in [0.15, 0.2) is 6.10 Å². The fourth-order valence-electron chi connectivity index (χ4n) is 3.01. The topological polar surface area (TPSA) is 38.3 Å². The Kier molecular flexibility index (Phi) is 6.24. The molecule has 3 nitrogen and oxygen atoms in total. The van der Waals surface area contributed by atoms with Crippen molar-refractivity contribution in [1.82, 2.24) is 5.32 Å². The van der Waals surface area contributed by atoms with Gasteiger partial charge in [0.05, 0.1) is 6.04 Å². The van der Waals surface area contributed by atoms with Gasteiger partial charge in [0.2, 0.25) is 0 Å². The van der Waals surface area contributed by atoms with Crippen molar-refractivity contribution < 1.29 is 9.53 Å². The molecule has 0 aliphatic heterocycles. The summed E-state index contributed by atoms with van der Waals surface area (Å²) in [6.07, 6.45) is 0.134. The Morgan fingerprint density at radius 3 is 2.36 bits per heavy atom. The van der Waals surface area contributed by atoms with Gasteiger partial charge in [-0.2, -0.15) is 0 Å². The maximum Gasteiger partial charge on any atom is 0.261 e. The number of ether oxygens (including phenoxy) is 1. The quantitative estimate of drug-likeness (QED) is 0.808. The van der Waals surface area contributed by atoms with E-state index in [9.17, 15) is 4.79 Å². The highest BCUT2D eigenvalue weighted by Crippen LogP contribution is 2.22. The fourth-order valence-corrected chi connectivity index (χ4v) is 3.01. The van der Waals surface area contributed by atoms with Crippen LogP contribution in [0.3, 0.4) is 0 Å². The summed E-state index contributed by atoms with van der Waals surface area (Å²) in [6, 6.07) is 12.1. The summed E-state index contributed by atoms with van der Waals surface area (Å²) < 4.78 is 5.90. The molecular weight excluding hydrogens is 310 g/mol. The molecule has 0 radical (unpaired) electrons. The first-order chi connectivity index (χ1) is 11.8. The van der Waals surface area contributed by atoms with Crippen LogP contribution in [0.4, 0.5) is 0 Å². The summed E-state index contributed by atoms with van der Waals surface area (Å²) in [4.78, 5) is 12.7. The first-order valence-corrected chi connectivity index (χ1v) is 8.93. The first kappa shape index (κ1) is 19.0. The van der Waals surface area contributed by atoms with Crippen molar-refractivity contribution >= 4 is 5.91 Å². The van der Waals surface area contributed by atoms with Crippen LogP contribution < -0.4 is 10.1 Å². The molecule has 134 valence electrons. The lowest BCUT2D eigenvalue weighted by Crippen LogP contribution is -2.39. The number of rotatable bonds is 6. The van der Waals surface area contributed by atoms with Crippen molar-refractivity contribution in [1.29, 1.82) is 0 Å². The van der Waals surface area contributed by atoms with Gasteiger partial charge in [-0.15, -0.1) is 0 Å². The minimum atomic E-state index is -0.490. The van der Waals surface area contributed by atoms with Crippen LogP contribution >= 0.6 is 0 Å². The fraction of sp³-hybridized carbons (Fsp3) is 0.409. The number of carbonyl (C=O) groups excluding carboxylic acids is 1. The largest absolute Gasteiger partial charge is 0.481 e. The van der Waals surface area contributed by atoms with Crippen molar-refractivity contribution in [2.75, 3.05) is 0 Å². The number of benzene rings is 2. The molecule has 2 atom stereocenters. The highest BCUT2D eigenvalue weighted by molar-refractivity contribution is 5.81. The molecule has 3 heteroatoms. The van der Waals surface area contributed by atoms with Gasteiger partial charge in [-0.25, -0.2) is 0 Å². The third-order valence-corrected chi connectivity index (χ3v) is 4.64. The zero-order chi connectivity index (χ0) is 18.6. The van der Waals surface area contributed by atoms with E-state index < -0.39 is 6.10 Å². The van der Waals surface area contributed by atoms with Gasteiger partial charge in [-0.3, -0.25) is 4.79 Å². The predicted octanol–water partition coefficient (Wildman–Crippen LogP) is 4.96. The van der Waals surface area contributed by atoms with E-state index in [1.54, 1.807) is 0 Å². The molecule has 2 aromatic rings. The normalized spacial score (nSPS) is 13.2. The zero-order valence-corrected chi connectivity index (χ0v) is 16.1. The number of hydrogen-bond donors (Lipinski definition) is 1. The van der Waals surface area contributed by atoms with Crippen LogP contribution in [-0.4, -0.2) is 12.0 Å². The molecule has 2 rings (SSSR count). The van der Waals surface area contributed by atoms with E-state index in [0.717, 1.165) is 16.9 Å². The predicted molar refractivity (Wildman–Crippen MR) is 103 cm³/mol. The monoisotopic (exact) mass is 339 g/mol. The summed E-state index contributed by atoms with van der Waals surface area (Å²) in [5.41, 5.74) is 5.98. The second kappa shape index (κ2) is 8.19. The van der Waals surface area contributed by atoms with E-state index in [2.05, 4.69) is 38.2 Å². The first-order valence-electron chi connectivity index (χ1n) is 8.93. The summed E-state index contributed by atoms with van der Waals surface area (Å²) in [6.45, 7) is 12.3. The lowest BCUT2D eigenvalue weighted by molar-refractivity contribution is -0.128. The Labute approximate surface area is 151 Å². The molecule has 0 aliphatic carbocycles. The number of carbonyl (C=O) groups is 1. The average molecular weight is 339 g/mol. The Morgan fingerprint density at radius 1 is 1.04 bits per heavy atom. The van der Waals surface area contributed by atoms with E-state index in [-0.39, 0.29) is 11.9 Å². The SMILES string of the molecule is CC[C@H](Oc1cccc(C)c1)C(=O)N[C@H](C)c1cc(C)c(C)cc1C. The van der Waals surface area contributed by atoms with Crippen molar-refractivity contribution in [2.24, 2.45) is 0 Å². The zero-order valence-electron chi connectivity index (χ0n) is 16.1. The molecule has 0 saturated carbocycles. The van der Waals surface area contributed by atoms with Gasteiger partial charge < -0.3 is 10.1 Å². The molecule has 1 amide bonds. The maximum atomic E-state index is 12.7. The maximum absolute atomic E-state index is 12.7. The van der Waals surface area contributed by atoms with Crippen LogP contribution in [0.5, 0.6) is 5.75 Å². The Balaban J connectivity index is 2.09. The smallest absolute Gasteiger partial charge is 0.261 e. The minimum absolute atomic E-state index is 0.0537. The molecular formula is C22H29NO2. The van der Waals surface area contributed by atoms with E-state index in [4.69, 9.17) is 4.74 Å². The van der Waals surface area contributed by atoms with Gasteiger partial charge >= 0.3 is 0 Å². The number of amides is 1. The van der Waals surface area contributed by atoms with Crippen LogP contribution in [-0.2, 0) is 4.79 Å². The van der Waals surface area contributed by atoms with Crippen molar-refractivity contribution in [2.45, 2.75) is 60.1 Å². The van der Waals surface area contributed by atoms with Gasteiger partial charge in [-0.1, -0.05) is 31.2 Å². The van der Waals surface area contributed by atoms with Gasteiger partial charge in [0.1, 0.15) is 5.75 Å². The molecule has 0 spiro atoms. The van der Waals surface area contributed by atoms with Crippen LogP contribution in [0, 0.1) is 27.7 Å². The molecule has 0 bridgehead atoms. The molecule has 1 N–H and O–H groups in total. The standard InChI is InChI=1S/C22H29NO2/c1-7-21(25-19-10-8-9-14(2)11-19)22(24)23-18(6)20-13-16(4)15(3)12-17(20)5/h8-13,18,21H,7H2,1-6H3,(H,23,24)/t18-,21+/m1/s1. The minimum Gasteiger partial charge on any atom is -0.481 e. The van der Waals surface area contributed by atoms with Gasteiger partial charge in [0, 0.05) is 0 Å². The highest BCUT2D eigenvalue weighted by atomic mass is 16.5. The number of hydrogen-bond acceptors (Lipinski definition) is 2.